The van der Waals surface area contributed by atoms with Gasteiger partial charge in [-0.25, -0.2) is 8.42 Å². The van der Waals surface area contributed by atoms with Gasteiger partial charge in [0.2, 0.25) is 5.91 Å². The van der Waals surface area contributed by atoms with Crippen molar-refractivity contribution in [2.75, 3.05) is 18.7 Å². The Balaban J connectivity index is 3.49. The van der Waals surface area contributed by atoms with E-state index in [1.807, 2.05) is 0 Å². The number of rotatable bonds is 4. The van der Waals surface area contributed by atoms with E-state index < -0.39 is 15.7 Å². The molecule has 0 bridgehead atoms. The predicted octanol–water partition coefficient (Wildman–Crippen LogP) is -1.94. The number of nitrogens with two attached hydrogens (primary N) is 1. The summed E-state index contributed by atoms with van der Waals surface area (Å²) >= 11 is 0. The summed E-state index contributed by atoms with van der Waals surface area (Å²) < 4.78 is 20.8. The van der Waals surface area contributed by atoms with Crippen molar-refractivity contribution >= 4 is 15.7 Å². The highest BCUT2D eigenvalue weighted by atomic mass is 32.2. The normalized spacial score (nSPS) is 11.3. The van der Waals surface area contributed by atoms with E-state index in [4.69, 9.17) is 5.73 Å². The molecule has 0 aromatic rings. The average Bonchev–Trinajstić information content (AvgIpc) is 1.59. The SMILES string of the molecule is CS(=O)(=O)CNCC(N)=O. The molecule has 3 N–H and O–H groups in total. The molecule has 0 aromatic carbocycles. The van der Waals surface area contributed by atoms with Crippen molar-refractivity contribution in [2.24, 2.45) is 5.73 Å². The van der Waals surface area contributed by atoms with E-state index in [1.54, 1.807) is 0 Å². The molecule has 0 atom stereocenters. The number of amides is 1. The zero-order valence-electron chi connectivity index (χ0n) is 5.62. The largest absolute Gasteiger partial charge is 0.369 e. The first-order valence-electron chi connectivity index (χ1n) is 2.58. The Hall–Kier alpha value is -0.620. The van der Waals surface area contributed by atoms with Crippen molar-refractivity contribution in [3.8, 4) is 0 Å². The maximum Gasteiger partial charge on any atom is 0.231 e. The van der Waals surface area contributed by atoms with E-state index in [-0.39, 0.29) is 12.4 Å². The van der Waals surface area contributed by atoms with Gasteiger partial charge < -0.3 is 5.73 Å². The quantitative estimate of drug-likeness (QED) is 0.508. The van der Waals surface area contributed by atoms with Gasteiger partial charge in [-0.1, -0.05) is 0 Å². The lowest BCUT2D eigenvalue weighted by Gasteiger charge is -1.97. The van der Waals surface area contributed by atoms with Crippen molar-refractivity contribution in [3.05, 3.63) is 0 Å². The topological polar surface area (TPSA) is 89.3 Å². The van der Waals surface area contributed by atoms with Gasteiger partial charge in [0.1, 0.15) is 0 Å². The van der Waals surface area contributed by atoms with Gasteiger partial charge >= 0.3 is 0 Å². The highest BCUT2D eigenvalue weighted by Crippen LogP contribution is 1.75. The van der Waals surface area contributed by atoms with Crippen molar-refractivity contribution < 1.29 is 13.2 Å². The molecule has 0 unspecified atom stereocenters. The van der Waals surface area contributed by atoms with Crippen LogP contribution in [0.2, 0.25) is 0 Å². The molecule has 0 aliphatic heterocycles. The molecule has 0 saturated heterocycles. The number of hydrogen-bond acceptors (Lipinski definition) is 4. The summed E-state index contributed by atoms with van der Waals surface area (Å²) in [7, 11) is -3.04. The maximum atomic E-state index is 10.4. The third kappa shape index (κ3) is 7.38. The molecule has 0 aliphatic rings. The number of nitrogens with one attached hydrogen (secondary N) is 1. The Morgan fingerprint density at radius 3 is 2.40 bits per heavy atom. The molecule has 60 valence electrons. The summed E-state index contributed by atoms with van der Waals surface area (Å²) in [4.78, 5) is 10.1. The summed E-state index contributed by atoms with van der Waals surface area (Å²) in [5.74, 6) is -0.778. The van der Waals surface area contributed by atoms with E-state index >= 15 is 0 Å². The van der Waals surface area contributed by atoms with Crippen LogP contribution < -0.4 is 11.1 Å². The van der Waals surface area contributed by atoms with Crippen molar-refractivity contribution in [2.45, 2.75) is 0 Å². The average molecular weight is 166 g/mol. The smallest absolute Gasteiger partial charge is 0.231 e. The van der Waals surface area contributed by atoms with Gasteiger partial charge in [0.15, 0.2) is 9.84 Å². The maximum absolute atomic E-state index is 10.4. The van der Waals surface area contributed by atoms with E-state index in [0.717, 1.165) is 6.26 Å². The van der Waals surface area contributed by atoms with Crippen LogP contribution >= 0.6 is 0 Å². The van der Waals surface area contributed by atoms with Crippen LogP contribution in [0.15, 0.2) is 0 Å². The van der Waals surface area contributed by atoms with E-state index in [2.05, 4.69) is 5.32 Å². The second kappa shape index (κ2) is 3.52. The molecule has 0 rings (SSSR count). The summed E-state index contributed by atoms with van der Waals surface area (Å²) in [6, 6.07) is 0. The number of primary amides is 1. The third-order valence-electron chi connectivity index (χ3n) is 0.663. The van der Waals surface area contributed by atoms with Crippen molar-refractivity contribution in [1.29, 1.82) is 0 Å². The van der Waals surface area contributed by atoms with Crippen LogP contribution in [0.5, 0.6) is 0 Å². The van der Waals surface area contributed by atoms with E-state index in [1.165, 1.54) is 0 Å². The van der Waals surface area contributed by atoms with E-state index in [9.17, 15) is 13.2 Å². The van der Waals surface area contributed by atoms with E-state index in [0.29, 0.717) is 0 Å². The van der Waals surface area contributed by atoms with Crippen LogP contribution in [0, 0.1) is 0 Å². The third-order valence-corrected chi connectivity index (χ3v) is 1.39. The Labute approximate surface area is 59.5 Å². The van der Waals surface area contributed by atoms with Gasteiger partial charge in [-0.3, -0.25) is 10.1 Å². The minimum Gasteiger partial charge on any atom is -0.369 e. The first kappa shape index (κ1) is 9.38. The number of sulfone groups is 1. The zero-order valence-corrected chi connectivity index (χ0v) is 6.44. The Bertz CT molecular complexity index is 209. The fourth-order valence-electron chi connectivity index (χ4n) is 0.360. The molecule has 0 fully saturated rings. The minimum absolute atomic E-state index is 0.104. The summed E-state index contributed by atoms with van der Waals surface area (Å²) in [6.45, 7) is -0.104. The lowest BCUT2D eigenvalue weighted by atomic mass is 10.6. The molecular formula is C4H10N2O3S. The molecule has 0 aliphatic carbocycles. The standard InChI is InChI=1S/C4H10N2O3S/c1-10(8,9)3-6-2-4(5)7/h6H,2-3H2,1H3,(H2,5,7). The number of carbonyl (C=O) groups is 1. The first-order chi connectivity index (χ1) is 4.42. The monoisotopic (exact) mass is 166 g/mol. The lowest BCUT2D eigenvalue weighted by molar-refractivity contribution is -0.117. The Kier molecular flexibility index (Phi) is 3.31. The molecule has 0 aromatic heterocycles. The second-order valence-corrected chi connectivity index (χ2v) is 4.10. The van der Waals surface area contributed by atoms with Crippen LogP contribution in [-0.2, 0) is 14.6 Å². The summed E-state index contributed by atoms with van der Waals surface area (Å²) in [6.07, 6.45) is 1.07. The van der Waals surface area contributed by atoms with Gasteiger partial charge in [0, 0.05) is 6.26 Å². The molecule has 5 nitrogen and oxygen atoms in total. The van der Waals surface area contributed by atoms with Gasteiger partial charge in [-0.2, -0.15) is 0 Å². The zero-order chi connectivity index (χ0) is 8.20. The van der Waals surface area contributed by atoms with Gasteiger partial charge in [-0.05, 0) is 0 Å². The number of hydrogen-bond donors (Lipinski definition) is 2. The van der Waals surface area contributed by atoms with Crippen LogP contribution in [0.4, 0.5) is 0 Å². The second-order valence-electron chi connectivity index (χ2n) is 1.96. The lowest BCUT2D eigenvalue weighted by Crippen LogP contribution is -2.31. The fraction of sp³-hybridized carbons (Fsp3) is 0.750. The highest BCUT2D eigenvalue weighted by Gasteiger charge is 2.00. The highest BCUT2D eigenvalue weighted by molar-refractivity contribution is 7.90. The molecule has 1 amide bonds. The molecule has 10 heavy (non-hydrogen) atoms. The Morgan fingerprint density at radius 1 is 1.60 bits per heavy atom. The molecule has 0 saturated carbocycles. The van der Waals surface area contributed by atoms with Crippen molar-refractivity contribution in [3.63, 3.8) is 0 Å². The summed E-state index contributed by atoms with van der Waals surface area (Å²) in [5, 5.41) is 2.36. The van der Waals surface area contributed by atoms with Crippen LogP contribution in [0.25, 0.3) is 0 Å². The first-order valence-corrected chi connectivity index (χ1v) is 4.64. The molecule has 6 heteroatoms. The van der Waals surface area contributed by atoms with Crippen molar-refractivity contribution in [1.82, 2.24) is 5.32 Å². The predicted molar refractivity (Wildman–Crippen MR) is 36.9 cm³/mol. The minimum atomic E-state index is -3.04. The Morgan fingerprint density at radius 2 is 2.10 bits per heavy atom. The van der Waals surface area contributed by atoms with Crippen LogP contribution in [0.3, 0.4) is 0 Å². The number of carbonyl (C=O) groups excluding carboxylic acids is 1. The van der Waals surface area contributed by atoms with Gasteiger partial charge in [0.05, 0.1) is 12.4 Å². The van der Waals surface area contributed by atoms with Crippen LogP contribution in [0.1, 0.15) is 0 Å². The fourth-order valence-corrected chi connectivity index (χ4v) is 0.832. The molecule has 0 radical (unpaired) electrons. The van der Waals surface area contributed by atoms with Crippen LogP contribution in [-0.4, -0.2) is 33.0 Å². The molecular weight excluding hydrogens is 156 g/mol. The van der Waals surface area contributed by atoms with Gasteiger partial charge in [-0.15, -0.1) is 0 Å². The molecule has 0 spiro atoms. The molecule has 0 heterocycles. The van der Waals surface area contributed by atoms with Gasteiger partial charge in [0.25, 0.3) is 0 Å². The summed E-state index contributed by atoms with van der Waals surface area (Å²) in [5.41, 5.74) is 4.73.